The van der Waals surface area contributed by atoms with Crippen LogP contribution in [0.3, 0.4) is 0 Å². The summed E-state index contributed by atoms with van der Waals surface area (Å²) in [5, 5.41) is 13.8. The van der Waals surface area contributed by atoms with Crippen molar-refractivity contribution in [3.8, 4) is 0 Å². The molecule has 0 fully saturated rings. The predicted molar refractivity (Wildman–Crippen MR) is 66.7 cm³/mol. The van der Waals surface area contributed by atoms with Gasteiger partial charge in [0, 0.05) is 36.6 Å². The molecule has 1 unspecified atom stereocenters. The van der Waals surface area contributed by atoms with Gasteiger partial charge in [0.05, 0.1) is 6.61 Å². The van der Waals surface area contributed by atoms with Gasteiger partial charge < -0.3 is 15.0 Å². The van der Waals surface area contributed by atoms with Gasteiger partial charge in [-0.05, 0) is 18.7 Å². The van der Waals surface area contributed by atoms with Crippen molar-refractivity contribution in [2.75, 3.05) is 20.2 Å². The minimum Gasteiger partial charge on any atom is -0.396 e. The predicted octanol–water partition coefficient (Wildman–Crippen LogP) is 1.47. The van der Waals surface area contributed by atoms with E-state index in [-0.39, 0.29) is 12.5 Å². The molecule has 0 aliphatic rings. The highest BCUT2D eigenvalue weighted by Crippen LogP contribution is 2.26. The van der Waals surface area contributed by atoms with Crippen molar-refractivity contribution in [2.24, 2.45) is 7.05 Å². The van der Waals surface area contributed by atoms with Gasteiger partial charge in [0.2, 0.25) is 0 Å². The van der Waals surface area contributed by atoms with Crippen LogP contribution in [0.2, 0.25) is 0 Å². The minimum absolute atomic E-state index is 0.163. The number of aliphatic hydroxyl groups excluding tert-OH is 1. The van der Waals surface area contributed by atoms with Crippen LogP contribution in [0.5, 0.6) is 0 Å². The number of hydrogen-bond donors (Lipinski definition) is 2. The fraction of sp³-hybridized carbons (Fsp3) is 0.385. The Labute approximate surface area is 95.7 Å². The normalized spacial score (nSPS) is 13.2. The molecule has 2 aromatic rings. The summed E-state index contributed by atoms with van der Waals surface area (Å²) >= 11 is 0. The van der Waals surface area contributed by atoms with E-state index in [1.165, 1.54) is 16.5 Å². The number of benzene rings is 1. The summed E-state index contributed by atoms with van der Waals surface area (Å²) in [6.45, 7) is 0.972. The summed E-state index contributed by atoms with van der Waals surface area (Å²) in [6, 6.07) is 8.30. The molecule has 0 aliphatic carbocycles. The average Bonchev–Trinajstić information content (AvgIpc) is 2.65. The molecule has 0 amide bonds. The molecule has 2 N–H and O–H groups in total. The standard InChI is InChI=1S/C13H18N2O/c1-14-7-10(9-16)12-8-15(2)13-6-4-3-5-11(12)13/h3-6,8,10,14,16H,7,9H2,1-2H3. The van der Waals surface area contributed by atoms with Gasteiger partial charge in [-0.1, -0.05) is 18.2 Å². The van der Waals surface area contributed by atoms with Crippen LogP contribution < -0.4 is 5.32 Å². The Kier molecular flexibility index (Phi) is 3.27. The molecule has 16 heavy (non-hydrogen) atoms. The smallest absolute Gasteiger partial charge is 0.0512 e. The van der Waals surface area contributed by atoms with Crippen LogP contribution in [0.25, 0.3) is 10.9 Å². The Balaban J connectivity index is 2.51. The molecular formula is C13H18N2O. The lowest BCUT2D eigenvalue weighted by molar-refractivity contribution is 0.264. The van der Waals surface area contributed by atoms with E-state index >= 15 is 0 Å². The zero-order valence-corrected chi connectivity index (χ0v) is 9.77. The van der Waals surface area contributed by atoms with Gasteiger partial charge in [-0.25, -0.2) is 0 Å². The second kappa shape index (κ2) is 4.68. The van der Waals surface area contributed by atoms with Crippen molar-refractivity contribution in [2.45, 2.75) is 5.92 Å². The number of fused-ring (bicyclic) bond motifs is 1. The molecule has 0 bridgehead atoms. The lowest BCUT2D eigenvalue weighted by atomic mass is 9.99. The molecule has 2 rings (SSSR count). The number of rotatable bonds is 4. The van der Waals surface area contributed by atoms with Crippen LogP contribution in [0.1, 0.15) is 11.5 Å². The van der Waals surface area contributed by atoms with E-state index in [1.54, 1.807) is 0 Å². The molecule has 0 spiro atoms. The van der Waals surface area contributed by atoms with Crippen LogP contribution in [0, 0.1) is 0 Å². The lowest BCUT2D eigenvalue weighted by Crippen LogP contribution is -2.19. The molecule has 1 aromatic carbocycles. The van der Waals surface area contributed by atoms with Gasteiger partial charge >= 0.3 is 0 Å². The van der Waals surface area contributed by atoms with E-state index in [0.29, 0.717) is 0 Å². The first-order valence-corrected chi connectivity index (χ1v) is 5.57. The Hall–Kier alpha value is -1.32. The number of nitrogens with zero attached hydrogens (tertiary/aromatic N) is 1. The third-order valence-corrected chi connectivity index (χ3v) is 3.04. The topological polar surface area (TPSA) is 37.2 Å². The van der Waals surface area contributed by atoms with Gasteiger partial charge in [0.15, 0.2) is 0 Å². The van der Waals surface area contributed by atoms with Crippen molar-refractivity contribution in [3.63, 3.8) is 0 Å². The van der Waals surface area contributed by atoms with Gasteiger partial charge in [-0.15, -0.1) is 0 Å². The maximum atomic E-state index is 9.43. The van der Waals surface area contributed by atoms with Crippen molar-refractivity contribution in [3.05, 3.63) is 36.0 Å². The molecule has 1 atom stereocenters. The molecule has 1 heterocycles. The van der Waals surface area contributed by atoms with Crippen LogP contribution >= 0.6 is 0 Å². The SMILES string of the molecule is CNCC(CO)c1cn(C)c2ccccc12. The molecule has 3 heteroatoms. The van der Waals surface area contributed by atoms with Crippen LogP contribution in [0.4, 0.5) is 0 Å². The van der Waals surface area contributed by atoms with Crippen molar-refractivity contribution in [1.29, 1.82) is 0 Å². The summed E-state index contributed by atoms with van der Waals surface area (Å²) in [4.78, 5) is 0. The maximum Gasteiger partial charge on any atom is 0.0512 e. The van der Waals surface area contributed by atoms with E-state index < -0.39 is 0 Å². The summed E-state index contributed by atoms with van der Waals surface area (Å²) in [6.07, 6.45) is 2.11. The Morgan fingerprint density at radius 1 is 1.38 bits per heavy atom. The number of aliphatic hydroxyl groups is 1. The lowest BCUT2D eigenvalue weighted by Gasteiger charge is -2.12. The Morgan fingerprint density at radius 2 is 2.12 bits per heavy atom. The zero-order chi connectivity index (χ0) is 11.5. The second-order valence-corrected chi connectivity index (χ2v) is 4.15. The number of para-hydroxylation sites is 1. The van der Waals surface area contributed by atoms with Crippen molar-refractivity contribution < 1.29 is 5.11 Å². The fourth-order valence-electron chi connectivity index (χ4n) is 2.22. The average molecular weight is 218 g/mol. The highest BCUT2D eigenvalue weighted by atomic mass is 16.3. The molecule has 0 aliphatic heterocycles. The Bertz CT molecular complexity index is 476. The number of aryl methyl sites for hydroxylation is 1. The number of hydrogen-bond acceptors (Lipinski definition) is 2. The quantitative estimate of drug-likeness (QED) is 0.815. The summed E-state index contributed by atoms with van der Waals surface area (Å²) in [5.41, 5.74) is 2.43. The van der Waals surface area contributed by atoms with Crippen LogP contribution in [-0.4, -0.2) is 29.9 Å². The van der Waals surface area contributed by atoms with Crippen LogP contribution in [0.15, 0.2) is 30.5 Å². The molecule has 0 saturated heterocycles. The van der Waals surface area contributed by atoms with Gasteiger partial charge in [-0.2, -0.15) is 0 Å². The first-order chi connectivity index (χ1) is 7.77. The Morgan fingerprint density at radius 3 is 2.81 bits per heavy atom. The molecule has 0 saturated carbocycles. The molecule has 3 nitrogen and oxygen atoms in total. The molecule has 0 radical (unpaired) electrons. The van der Waals surface area contributed by atoms with Gasteiger partial charge in [0.25, 0.3) is 0 Å². The first-order valence-electron chi connectivity index (χ1n) is 5.57. The summed E-state index contributed by atoms with van der Waals surface area (Å²) in [7, 11) is 3.95. The monoisotopic (exact) mass is 218 g/mol. The molecule has 86 valence electrons. The van der Waals surface area contributed by atoms with Gasteiger partial charge in [0.1, 0.15) is 0 Å². The van der Waals surface area contributed by atoms with Crippen molar-refractivity contribution in [1.82, 2.24) is 9.88 Å². The van der Waals surface area contributed by atoms with E-state index in [9.17, 15) is 5.11 Å². The van der Waals surface area contributed by atoms with Gasteiger partial charge in [-0.3, -0.25) is 0 Å². The van der Waals surface area contributed by atoms with E-state index in [0.717, 1.165) is 6.54 Å². The summed E-state index contributed by atoms with van der Waals surface area (Å²) < 4.78 is 2.11. The third-order valence-electron chi connectivity index (χ3n) is 3.04. The number of likely N-dealkylation sites (N-methyl/N-ethyl adjacent to an activating group) is 1. The highest BCUT2D eigenvalue weighted by molar-refractivity contribution is 5.84. The maximum absolute atomic E-state index is 9.43. The molecule has 1 aromatic heterocycles. The number of nitrogens with one attached hydrogen (secondary N) is 1. The van der Waals surface area contributed by atoms with Crippen molar-refractivity contribution >= 4 is 10.9 Å². The second-order valence-electron chi connectivity index (χ2n) is 4.15. The largest absolute Gasteiger partial charge is 0.396 e. The van der Waals surface area contributed by atoms with E-state index in [4.69, 9.17) is 0 Å². The summed E-state index contributed by atoms with van der Waals surface area (Å²) in [5.74, 6) is 0.163. The third kappa shape index (κ3) is 1.84. The highest BCUT2D eigenvalue weighted by Gasteiger charge is 2.15. The number of aromatic nitrogens is 1. The zero-order valence-electron chi connectivity index (χ0n) is 9.77. The fourth-order valence-corrected chi connectivity index (χ4v) is 2.22. The minimum atomic E-state index is 0.163. The molecular weight excluding hydrogens is 200 g/mol. The van der Waals surface area contributed by atoms with E-state index in [1.807, 2.05) is 26.2 Å². The first kappa shape index (κ1) is 11.2. The van der Waals surface area contributed by atoms with Crippen LogP contribution in [-0.2, 0) is 7.05 Å². The van der Waals surface area contributed by atoms with E-state index in [2.05, 4.69) is 28.2 Å².